The summed E-state index contributed by atoms with van der Waals surface area (Å²) < 4.78 is 0. The first-order valence-corrected chi connectivity index (χ1v) is 4.28. The first kappa shape index (κ1) is 8.10. The zero-order valence-electron chi connectivity index (χ0n) is 6.79. The van der Waals surface area contributed by atoms with Crippen molar-refractivity contribution in [2.75, 3.05) is 0 Å². The third-order valence-electron chi connectivity index (χ3n) is 1.99. The minimum atomic E-state index is 0.667. The quantitative estimate of drug-likeness (QED) is 0.621. The number of nitriles is 1. The Bertz CT molecular complexity index is 497. The zero-order valence-corrected chi connectivity index (χ0v) is 7.55. The van der Waals surface area contributed by atoms with Crippen LogP contribution in [0.4, 0.5) is 0 Å². The standard InChI is InChI=1S/C11H6ClN/c12-11-6-5-8(7-13)9-3-1-2-4-10(9)11/h1-6H. The predicted octanol–water partition coefficient (Wildman–Crippen LogP) is 3.36. The lowest BCUT2D eigenvalue weighted by Crippen LogP contribution is -1.79. The Morgan fingerprint density at radius 2 is 1.69 bits per heavy atom. The molecule has 0 aliphatic carbocycles. The molecule has 0 amide bonds. The highest BCUT2D eigenvalue weighted by molar-refractivity contribution is 6.35. The number of fused-ring (bicyclic) bond motifs is 1. The first-order chi connectivity index (χ1) is 6.33. The summed E-state index contributed by atoms with van der Waals surface area (Å²) in [7, 11) is 0. The van der Waals surface area contributed by atoms with E-state index >= 15 is 0 Å². The molecule has 2 aromatic rings. The van der Waals surface area contributed by atoms with Gasteiger partial charge in [0.25, 0.3) is 0 Å². The highest BCUT2D eigenvalue weighted by Crippen LogP contribution is 2.25. The molecule has 0 heterocycles. The van der Waals surface area contributed by atoms with E-state index in [0.29, 0.717) is 10.6 Å². The summed E-state index contributed by atoms with van der Waals surface area (Å²) in [5, 5.41) is 11.4. The lowest BCUT2D eigenvalue weighted by molar-refractivity contribution is 1.50. The molecule has 0 spiro atoms. The van der Waals surface area contributed by atoms with E-state index in [-0.39, 0.29) is 0 Å². The second-order valence-electron chi connectivity index (χ2n) is 2.75. The Kier molecular flexibility index (Phi) is 1.92. The molecule has 2 rings (SSSR count). The molecular formula is C11H6ClN. The highest BCUT2D eigenvalue weighted by Gasteiger charge is 2.01. The lowest BCUT2D eigenvalue weighted by Gasteiger charge is -2.00. The van der Waals surface area contributed by atoms with Crippen molar-refractivity contribution in [2.24, 2.45) is 0 Å². The summed E-state index contributed by atoms with van der Waals surface area (Å²) in [5.41, 5.74) is 0.667. The van der Waals surface area contributed by atoms with Crippen molar-refractivity contribution in [1.82, 2.24) is 0 Å². The number of nitrogens with zero attached hydrogens (tertiary/aromatic N) is 1. The number of rotatable bonds is 0. The summed E-state index contributed by atoms with van der Waals surface area (Å²) in [5.74, 6) is 0. The third kappa shape index (κ3) is 1.26. The molecule has 0 unspecified atom stereocenters. The Balaban J connectivity index is 2.95. The molecule has 0 fully saturated rings. The molecular weight excluding hydrogens is 182 g/mol. The largest absolute Gasteiger partial charge is 0.192 e. The number of benzene rings is 2. The second-order valence-corrected chi connectivity index (χ2v) is 3.16. The molecule has 0 bridgehead atoms. The molecule has 0 saturated carbocycles. The summed E-state index contributed by atoms with van der Waals surface area (Å²) in [4.78, 5) is 0. The van der Waals surface area contributed by atoms with Crippen molar-refractivity contribution in [3.05, 3.63) is 47.0 Å². The van der Waals surface area contributed by atoms with Crippen LogP contribution in [0.1, 0.15) is 5.56 Å². The maximum atomic E-state index is 8.83. The van der Waals surface area contributed by atoms with Crippen LogP contribution >= 0.6 is 11.6 Å². The molecule has 1 nitrogen and oxygen atoms in total. The van der Waals surface area contributed by atoms with E-state index in [2.05, 4.69) is 6.07 Å². The van der Waals surface area contributed by atoms with E-state index < -0.39 is 0 Å². The van der Waals surface area contributed by atoms with Gasteiger partial charge in [-0.1, -0.05) is 35.9 Å². The molecule has 62 valence electrons. The molecule has 0 saturated heterocycles. The Hall–Kier alpha value is -1.52. The van der Waals surface area contributed by atoms with Crippen molar-refractivity contribution in [1.29, 1.82) is 5.26 Å². The maximum Gasteiger partial charge on any atom is 0.0998 e. The van der Waals surface area contributed by atoms with E-state index in [1.165, 1.54) is 0 Å². The monoisotopic (exact) mass is 187 g/mol. The van der Waals surface area contributed by atoms with Gasteiger partial charge in [0.05, 0.1) is 11.6 Å². The van der Waals surface area contributed by atoms with Gasteiger partial charge in [-0.05, 0) is 12.1 Å². The molecule has 2 aromatic carbocycles. The third-order valence-corrected chi connectivity index (χ3v) is 2.32. The van der Waals surface area contributed by atoms with Gasteiger partial charge in [-0.3, -0.25) is 0 Å². The van der Waals surface area contributed by atoms with E-state index in [4.69, 9.17) is 16.9 Å². The average molecular weight is 188 g/mol. The van der Waals surface area contributed by atoms with Crippen molar-refractivity contribution < 1.29 is 0 Å². The fourth-order valence-corrected chi connectivity index (χ4v) is 1.59. The summed E-state index contributed by atoms with van der Waals surface area (Å²) >= 11 is 5.98. The number of hydrogen-bond acceptors (Lipinski definition) is 1. The number of halogens is 1. The summed E-state index contributed by atoms with van der Waals surface area (Å²) in [6.07, 6.45) is 0. The van der Waals surface area contributed by atoms with Crippen LogP contribution in [0, 0.1) is 11.3 Å². The van der Waals surface area contributed by atoms with Crippen molar-refractivity contribution in [3.63, 3.8) is 0 Å². The van der Waals surface area contributed by atoms with E-state index in [9.17, 15) is 0 Å². The van der Waals surface area contributed by atoms with Crippen molar-refractivity contribution >= 4 is 22.4 Å². The summed E-state index contributed by atoms with van der Waals surface area (Å²) in [6.45, 7) is 0. The minimum Gasteiger partial charge on any atom is -0.192 e. The van der Waals surface area contributed by atoms with Crippen LogP contribution in [0.3, 0.4) is 0 Å². The second kappa shape index (κ2) is 3.08. The van der Waals surface area contributed by atoms with Gasteiger partial charge in [-0.15, -0.1) is 0 Å². The fraction of sp³-hybridized carbons (Fsp3) is 0. The smallest absolute Gasteiger partial charge is 0.0998 e. The van der Waals surface area contributed by atoms with Gasteiger partial charge >= 0.3 is 0 Å². The SMILES string of the molecule is N#Cc1ccc(Cl)c2ccccc12. The maximum absolute atomic E-state index is 8.83. The lowest BCUT2D eigenvalue weighted by atomic mass is 10.1. The summed E-state index contributed by atoms with van der Waals surface area (Å²) in [6, 6.07) is 13.3. The number of hydrogen-bond donors (Lipinski definition) is 0. The van der Waals surface area contributed by atoms with Gasteiger partial charge in [0.2, 0.25) is 0 Å². The Labute approximate surface area is 81.2 Å². The molecule has 0 aromatic heterocycles. The van der Waals surface area contributed by atoms with Crippen LogP contribution in [0.15, 0.2) is 36.4 Å². The van der Waals surface area contributed by atoms with Gasteiger partial charge in [0, 0.05) is 15.8 Å². The van der Waals surface area contributed by atoms with Crippen LogP contribution < -0.4 is 0 Å². The van der Waals surface area contributed by atoms with Crippen LogP contribution in [0.25, 0.3) is 10.8 Å². The van der Waals surface area contributed by atoms with Crippen LogP contribution in [-0.2, 0) is 0 Å². The first-order valence-electron chi connectivity index (χ1n) is 3.90. The van der Waals surface area contributed by atoms with Gasteiger partial charge in [0.15, 0.2) is 0 Å². The molecule has 13 heavy (non-hydrogen) atoms. The predicted molar refractivity (Wildman–Crippen MR) is 53.7 cm³/mol. The Morgan fingerprint density at radius 1 is 1.00 bits per heavy atom. The van der Waals surface area contributed by atoms with Crippen molar-refractivity contribution in [3.8, 4) is 6.07 Å². The van der Waals surface area contributed by atoms with Crippen LogP contribution in [-0.4, -0.2) is 0 Å². The van der Waals surface area contributed by atoms with E-state index in [0.717, 1.165) is 10.8 Å². The molecule has 0 radical (unpaired) electrons. The minimum absolute atomic E-state index is 0.667. The molecule has 0 aliphatic rings. The average Bonchev–Trinajstić information content (AvgIpc) is 2.19. The van der Waals surface area contributed by atoms with Gasteiger partial charge in [0.1, 0.15) is 0 Å². The van der Waals surface area contributed by atoms with Gasteiger partial charge in [-0.25, -0.2) is 0 Å². The molecule has 0 N–H and O–H groups in total. The molecule has 0 aliphatic heterocycles. The van der Waals surface area contributed by atoms with E-state index in [1.54, 1.807) is 12.1 Å². The van der Waals surface area contributed by atoms with Gasteiger partial charge < -0.3 is 0 Å². The highest BCUT2D eigenvalue weighted by atomic mass is 35.5. The van der Waals surface area contributed by atoms with Crippen LogP contribution in [0.5, 0.6) is 0 Å². The molecule has 0 atom stereocenters. The molecule has 2 heteroatoms. The van der Waals surface area contributed by atoms with Gasteiger partial charge in [-0.2, -0.15) is 5.26 Å². The fourth-order valence-electron chi connectivity index (χ4n) is 1.36. The normalized spacial score (nSPS) is 9.85. The van der Waals surface area contributed by atoms with Crippen molar-refractivity contribution in [2.45, 2.75) is 0 Å². The van der Waals surface area contributed by atoms with Crippen LogP contribution in [0.2, 0.25) is 5.02 Å². The topological polar surface area (TPSA) is 23.8 Å². The zero-order chi connectivity index (χ0) is 9.26. The Morgan fingerprint density at radius 3 is 2.38 bits per heavy atom. The van der Waals surface area contributed by atoms with E-state index in [1.807, 2.05) is 24.3 Å².